The Hall–Kier alpha value is -1.95. The Bertz CT molecular complexity index is 820. The second-order valence-corrected chi connectivity index (χ2v) is 8.58. The predicted molar refractivity (Wildman–Crippen MR) is 96.9 cm³/mol. The van der Waals surface area contributed by atoms with E-state index < -0.39 is 5.41 Å². The van der Waals surface area contributed by atoms with Crippen LogP contribution in [0.15, 0.2) is 39.4 Å². The number of carbonyl (C=O) groups excluding carboxylic acids is 2. The number of oxazole rings is 1. The number of aromatic nitrogens is 1. The highest BCUT2D eigenvalue weighted by molar-refractivity contribution is 9.10. The summed E-state index contributed by atoms with van der Waals surface area (Å²) in [7, 11) is 0. The second kappa shape index (κ2) is 6.09. The van der Waals surface area contributed by atoms with Crippen molar-refractivity contribution in [1.82, 2.24) is 9.88 Å². The first-order valence-electron chi connectivity index (χ1n) is 8.17. The van der Waals surface area contributed by atoms with Crippen LogP contribution in [0, 0.1) is 0 Å². The van der Waals surface area contributed by atoms with Gasteiger partial charge in [0.1, 0.15) is 12.3 Å². The Kier molecular flexibility index (Phi) is 4.35. The van der Waals surface area contributed by atoms with E-state index in [2.05, 4.69) is 20.9 Å². The zero-order chi connectivity index (χ0) is 18.4. The molecular weight excluding hydrogens is 384 g/mol. The maximum atomic E-state index is 13.0. The van der Waals surface area contributed by atoms with Gasteiger partial charge in [-0.25, -0.2) is 4.98 Å². The molecule has 1 aliphatic rings. The third kappa shape index (κ3) is 3.27. The fourth-order valence-electron chi connectivity index (χ4n) is 2.95. The molecule has 0 bridgehead atoms. The molecule has 1 aromatic carbocycles. The Morgan fingerprint density at radius 2 is 1.88 bits per heavy atom. The molecule has 0 aliphatic carbocycles. The van der Waals surface area contributed by atoms with Crippen LogP contribution in [0.2, 0.25) is 0 Å². The molecule has 1 unspecified atom stereocenters. The van der Waals surface area contributed by atoms with Crippen LogP contribution < -0.4 is 0 Å². The van der Waals surface area contributed by atoms with E-state index in [1.807, 2.05) is 52.0 Å². The molecule has 1 fully saturated rings. The van der Waals surface area contributed by atoms with Crippen molar-refractivity contribution < 1.29 is 14.0 Å². The lowest BCUT2D eigenvalue weighted by atomic mass is 9.81. The van der Waals surface area contributed by atoms with Crippen LogP contribution in [-0.4, -0.2) is 21.7 Å². The van der Waals surface area contributed by atoms with Gasteiger partial charge in [0.15, 0.2) is 0 Å². The van der Waals surface area contributed by atoms with Crippen LogP contribution in [0.5, 0.6) is 0 Å². The molecule has 2 aromatic rings. The molecule has 0 N–H and O–H groups in total. The van der Waals surface area contributed by atoms with Gasteiger partial charge in [0.25, 0.3) is 0 Å². The fourth-order valence-corrected chi connectivity index (χ4v) is 3.22. The van der Waals surface area contributed by atoms with E-state index in [4.69, 9.17) is 4.42 Å². The topological polar surface area (TPSA) is 63.4 Å². The van der Waals surface area contributed by atoms with Crippen LogP contribution in [0.25, 0.3) is 0 Å². The summed E-state index contributed by atoms with van der Waals surface area (Å²) in [5, 5.41) is 0. The van der Waals surface area contributed by atoms with Crippen molar-refractivity contribution in [3.63, 3.8) is 0 Å². The van der Waals surface area contributed by atoms with Crippen LogP contribution >= 0.6 is 15.9 Å². The third-order valence-electron chi connectivity index (χ3n) is 4.59. The van der Waals surface area contributed by atoms with E-state index in [0.717, 1.165) is 15.8 Å². The summed E-state index contributed by atoms with van der Waals surface area (Å²) in [5.41, 5.74) is -0.188. The van der Waals surface area contributed by atoms with Gasteiger partial charge in [0.2, 0.25) is 17.7 Å². The Labute approximate surface area is 155 Å². The molecule has 0 radical (unpaired) electrons. The smallest absolute Gasteiger partial charge is 0.240 e. The number of hydrogen-bond donors (Lipinski definition) is 0. The zero-order valence-electron chi connectivity index (χ0n) is 14.8. The number of imide groups is 1. The van der Waals surface area contributed by atoms with Crippen molar-refractivity contribution in [3.05, 3.63) is 52.1 Å². The average molecular weight is 405 g/mol. The lowest BCUT2D eigenvalue weighted by Crippen LogP contribution is -2.36. The Morgan fingerprint density at radius 3 is 2.44 bits per heavy atom. The Morgan fingerprint density at radius 1 is 1.24 bits per heavy atom. The monoisotopic (exact) mass is 404 g/mol. The summed E-state index contributed by atoms with van der Waals surface area (Å²) in [5.74, 6) is 0.699. The van der Waals surface area contributed by atoms with E-state index in [0.29, 0.717) is 5.89 Å². The molecule has 1 aromatic heterocycles. The van der Waals surface area contributed by atoms with Gasteiger partial charge in [-0.15, -0.1) is 0 Å². The predicted octanol–water partition coefficient (Wildman–Crippen LogP) is 3.95. The summed E-state index contributed by atoms with van der Waals surface area (Å²) in [6.07, 6.45) is 1.81. The molecule has 1 saturated heterocycles. The minimum atomic E-state index is -0.850. The van der Waals surface area contributed by atoms with E-state index in [1.54, 1.807) is 6.20 Å². The standard InChI is InChI=1S/C19H21BrN2O3/c1-18(2,3)14-10-21-15(25-14)11-22-16(23)9-19(4,17(22)24)12-5-7-13(20)8-6-12/h5-8,10H,9,11H2,1-4H3. The summed E-state index contributed by atoms with van der Waals surface area (Å²) in [6, 6.07) is 7.51. The molecule has 25 heavy (non-hydrogen) atoms. The first-order valence-corrected chi connectivity index (χ1v) is 8.96. The maximum Gasteiger partial charge on any atom is 0.240 e. The minimum Gasteiger partial charge on any atom is -0.443 e. The molecule has 0 saturated carbocycles. The largest absolute Gasteiger partial charge is 0.443 e. The third-order valence-corrected chi connectivity index (χ3v) is 5.12. The molecule has 3 rings (SSSR count). The number of amides is 2. The van der Waals surface area contributed by atoms with Crippen molar-refractivity contribution in [1.29, 1.82) is 0 Å². The quantitative estimate of drug-likeness (QED) is 0.726. The summed E-state index contributed by atoms with van der Waals surface area (Å²) < 4.78 is 6.67. The van der Waals surface area contributed by atoms with Gasteiger partial charge < -0.3 is 4.42 Å². The maximum absolute atomic E-state index is 13.0. The minimum absolute atomic E-state index is 0.0693. The lowest BCUT2D eigenvalue weighted by Gasteiger charge is -2.22. The van der Waals surface area contributed by atoms with Crippen molar-refractivity contribution in [2.75, 3.05) is 0 Å². The number of rotatable bonds is 3. The first-order chi connectivity index (χ1) is 11.6. The van der Waals surface area contributed by atoms with Crippen LogP contribution in [0.1, 0.15) is 51.3 Å². The van der Waals surface area contributed by atoms with Crippen molar-refractivity contribution in [3.8, 4) is 0 Å². The summed E-state index contributed by atoms with van der Waals surface area (Å²) in [6.45, 7) is 7.95. The number of halogens is 1. The van der Waals surface area contributed by atoms with E-state index >= 15 is 0 Å². The number of benzene rings is 1. The first kappa shape index (κ1) is 17.9. The highest BCUT2D eigenvalue weighted by atomic mass is 79.9. The molecule has 132 valence electrons. The molecular formula is C19H21BrN2O3. The van der Waals surface area contributed by atoms with Gasteiger partial charge in [0.05, 0.1) is 11.6 Å². The van der Waals surface area contributed by atoms with E-state index in [9.17, 15) is 9.59 Å². The van der Waals surface area contributed by atoms with Gasteiger partial charge in [0, 0.05) is 16.3 Å². The molecule has 1 aliphatic heterocycles. The summed E-state index contributed by atoms with van der Waals surface area (Å²) >= 11 is 3.39. The molecule has 2 amide bonds. The Balaban J connectivity index is 1.84. The fraction of sp³-hybridized carbons (Fsp3) is 0.421. The van der Waals surface area contributed by atoms with Gasteiger partial charge >= 0.3 is 0 Å². The molecule has 0 spiro atoms. The van der Waals surface area contributed by atoms with Gasteiger partial charge in [-0.2, -0.15) is 0 Å². The van der Waals surface area contributed by atoms with Crippen molar-refractivity contribution in [2.45, 2.75) is 51.5 Å². The number of carbonyl (C=O) groups is 2. The van der Waals surface area contributed by atoms with E-state index in [-0.39, 0.29) is 30.2 Å². The average Bonchev–Trinajstić information content (AvgIpc) is 3.08. The van der Waals surface area contributed by atoms with Crippen LogP contribution in [0.3, 0.4) is 0 Å². The van der Waals surface area contributed by atoms with Gasteiger partial charge in [-0.05, 0) is 24.6 Å². The molecule has 6 heteroatoms. The van der Waals surface area contributed by atoms with Crippen molar-refractivity contribution >= 4 is 27.7 Å². The normalized spacial score (nSPS) is 21.2. The summed E-state index contributed by atoms with van der Waals surface area (Å²) in [4.78, 5) is 30.9. The van der Waals surface area contributed by atoms with E-state index in [1.165, 1.54) is 4.90 Å². The SMILES string of the molecule is CC(C)(C)c1cnc(CN2C(=O)CC(C)(c3ccc(Br)cc3)C2=O)o1. The number of nitrogens with zero attached hydrogens (tertiary/aromatic N) is 2. The number of hydrogen-bond acceptors (Lipinski definition) is 4. The van der Waals surface area contributed by atoms with Crippen LogP contribution in [0.4, 0.5) is 0 Å². The van der Waals surface area contributed by atoms with Gasteiger partial charge in [-0.3, -0.25) is 14.5 Å². The van der Waals surface area contributed by atoms with Gasteiger partial charge in [-0.1, -0.05) is 48.8 Å². The highest BCUT2D eigenvalue weighted by Gasteiger charge is 2.49. The lowest BCUT2D eigenvalue weighted by molar-refractivity contribution is -0.140. The molecule has 5 nitrogen and oxygen atoms in total. The van der Waals surface area contributed by atoms with Crippen molar-refractivity contribution in [2.24, 2.45) is 0 Å². The van der Waals surface area contributed by atoms with Crippen LogP contribution in [-0.2, 0) is 27.0 Å². The molecule has 1 atom stereocenters. The number of likely N-dealkylation sites (tertiary alicyclic amines) is 1. The zero-order valence-corrected chi connectivity index (χ0v) is 16.4. The second-order valence-electron chi connectivity index (χ2n) is 7.67. The highest BCUT2D eigenvalue weighted by Crippen LogP contribution is 2.37. The molecule has 2 heterocycles.